The summed E-state index contributed by atoms with van der Waals surface area (Å²) in [6, 6.07) is 0. The number of carbonyl (C=O) groups excluding carboxylic acids is 1. The van der Waals surface area contributed by atoms with Crippen LogP contribution < -0.4 is 0 Å². The predicted octanol–water partition coefficient (Wildman–Crippen LogP) is 0.770. The van der Waals surface area contributed by atoms with Crippen molar-refractivity contribution in [2.24, 2.45) is 5.92 Å². The normalized spacial score (nSPS) is 29.9. The van der Waals surface area contributed by atoms with Gasteiger partial charge in [-0.05, 0) is 19.3 Å². The van der Waals surface area contributed by atoms with Crippen molar-refractivity contribution in [1.29, 1.82) is 0 Å². The van der Waals surface area contributed by atoms with E-state index >= 15 is 0 Å². The third-order valence-corrected chi connectivity index (χ3v) is 3.18. The van der Waals surface area contributed by atoms with Crippen molar-refractivity contribution in [3.05, 3.63) is 0 Å². The van der Waals surface area contributed by atoms with E-state index in [0.717, 1.165) is 25.8 Å². The Bertz CT molecular complexity index is 199. The molecule has 0 bridgehead atoms. The minimum atomic E-state index is -0.273. The van der Waals surface area contributed by atoms with Gasteiger partial charge in [-0.3, -0.25) is 4.79 Å². The quantitative estimate of drug-likeness (QED) is 0.652. The molecule has 74 valence electrons. The molecule has 0 aromatic heterocycles. The van der Waals surface area contributed by atoms with Gasteiger partial charge in [0.1, 0.15) is 0 Å². The maximum Gasteiger partial charge on any atom is 0.225 e. The van der Waals surface area contributed by atoms with Crippen LogP contribution in [0.5, 0.6) is 0 Å². The minimum Gasteiger partial charge on any atom is -0.391 e. The summed E-state index contributed by atoms with van der Waals surface area (Å²) in [4.78, 5) is 13.6. The summed E-state index contributed by atoms with van der Waals surface area (Å²) in [6.45, 7) is 1.33. The highest BCUT2D eigenvalue weighted by atomic mass is 16.3. The number of aliphatic hydroxyl groups excluding tert-OH is 1. The molecule has 1 aliphatic carbocycles. The van der Waals surface area contributed by atoms with Crippen molar-refractivity contribution in [3.63, 3.8) is 0 Å². The monoisotopic (exact) mass is 183 g/mol. The topological polar surface area (TPSA) is 40.5 Å². The van der Waals surface area contributed by atoms with Gasteiger partial charge in [-0.1, -0.05) is 12.8 Å². The Morgan fingerprint density at radius 3 is 2.46 bits per heavy atom. The number of amides is 1. The van der Waals surface area contributed by atoms with Crippen LogP contribution in [0, 0.1) is 5.92 Å². The fourth-order valence-corrected chi connectivity index (χ4v) is 2.37. The van der Waals surface area contributed by atoms with E-state index in [1.807, 2.05) is 4.90 Å². The van der Waals surface area contributed by atoms with Crippen molar-refractivity contribution < 1.29 is 9.90 Å². The average Bonchev–Trinajstić information content (AvgIpc) is 2.72. The van der Waals surface area contributed by atoms with E-state index in [2.05, 4.69) is 0 Å². The van der Waals surface area contributed by atoms with Crippen molar-refractivity contribution in [3.8, 4) is 0 Å². The van der Waals surface area contributed by atoms with Crippen LogP contribution in [0.4, 0.5) is 0 Å². The van der Waals surface area contributed by atoms with E-state index in [4.69, 9.17) is 0 Å². The lowest BCUT2D eigenvalue weighted by Crippen LogP contribution is -2.33. The molecule has 1 heterocycles. The maximum absolute atomic E-state index is 11.8. The van der Waals surface area contributed by atoms with E-state index in [1.54, 1.807) is 0 Å². The van der Waals surface area contributed by atoms with Gasteiger partial charge in [-0.15, -0.1) is 0 Å². The zero-order valence-corrected chi connectivity index (χ0v) is 7.91. The first kappa shape index (κ1) is 9.00. The molecule has 0 radical (unpaired) electrons. The highest BCUT2D eigenvalue weighted by Crippen LogP contribution is 2.27. The predicted molar refractivity (Wildman–Crippen MR) is 49.2 cm³/mol. The number of β-amino-alcohol motifs (C(OH)–C–C–N with tert-alkyl or cyclic N) is 1. The van der Waals surface area contributed by atoms with Gasteiger partial charge >= 0.3 is 0 Å². The Labute approximate surface area is 78.7 Å². The van der Waals surface area contributed by atoms with Crippen molar-refractivity contribution >= 4 is 5.91 Å². The molecular formula is C10H17NO2. The molecular weight excluding hydrogens is 166 g/mol. The molecule has 1 amide bonds. The zero-order chi connectivity index (χ0) is 9.26. The molecule has 1 aliphatic heterocycles. The lowest BCUT2D eigenvalue weighted by molar-refractivity contribution is -0.134. The van der Waals surface area contributed by atoms with Gasteiger partial charge in [-0.25, -0.2) is 0 Å². The van der Waals surface area contributed by atoms with Crippen LogP contribution in [0.1, 0.15) is 32.1 Å². The molecule has 2 fully saturated rings. The zero-order valence-electron chi connectivity index (χ0n) is 7.91. The Morgan fingerprint density at radius 1 is 1.23 bits per heavy atom. The average molecular weight is 183 g/mol. The molecule has 2 aliphatic rings. The van der Waals surface area contributed by atoms with Gasteiger partial charge in [0.05, 0.1) is 6.10 Å². The Morgan fingerprint density at radius 2 is 1.92 bits per heavy atom. The SMILES string of the molecule is O=C(C1CCCC1)N1CC[C@H](O)C1. The van der Waals surface area contributed by atoms with Crippen LogP contribution in [0.2, 0.25) is 0 Å². The highest BCUT2D eigenvalue weighted by molar-refractivity contribution is 5.79. The number of rotatable bonds is 1. The second-order valence-corrected chi connectivity index (χ2v) is 4.21. The van der Waals surface area contributed by atoms with Crippen LogP contribution >= 0.6 is 0 Å². The first-order chi connectivity index (χ1) is 6.27. The standard InChI is InChI=1S/C10H17NO2/c12-9-5-6-11(7-9)10(13)8-3-1-2-4-8/h8-9,12H,1-7H2/t9-/m0/s1. The largest absolute Gasteiger partial charge is 0.391 e. The van der Waals surface area contributed by atoms with Gasteiger partial charge in [-0.2, -0.15) is 0 Å². The van der Waals surface area contributed by atoms with Crippen LogP contribution in [0.25, 0.3) is 0 Å². The first-order valence-corrected chi connectivity index (χ1v) is 5.24. The summed E-state index contributed by atoms with van der Waals surface area (Å²) < 4.78 is 0. The summed E-state index contributed by atoms with van der Waals surface area (Å²) in [7, 11) is 0. The van der Waals surface area contributed by atoms with Gasteiger partial charge in [0, 0.05) is 19.0 Å². The summed E-state index contributed by atoms with van der Waals surface area (Å²) in [5.41, 5.74) is 0. The molecule has 1 N–H and O–H groups in total. The lowest BCUT2D eigenvalue weighted by Gasteiger charge is -2.19. The second-order valence-electron chi connectivity index (χ2n) is 4.21. The van der Waals surface area contributed by atoms with Gasteiger partial charge in [0.15, 0.2) is 0 Å². The minimum absolute atomic E-state index is 0.269. The number of likely N-dealkylation sites (tertiary alicyclic amines) is 1. The summed E-state index contributed by atoms with van der Waals surface area (Å²) in [5.74, 6) is 0.555. The van der Waals surface area contributed by atoms with Crippen LogP contribution in [-0.4, -0.2) is 35.1 Å². The van der Waals surface area contributed by atoms with Gasteiger partial charge in [0.25, 0.3) is 0 Å². The number of carbonyl (C=O) groups is 1. The number of aliphatic hydroxyl groups is 1. The molecule has 0 aromatic rings. The van der Waals surface area contributed by atoms with E-state index < -0.39 is 0 Å². The fourth-order valence-electron chi connectivity index (χ4n) is 2.37. The van der Waals surface area contributed by atoms with E-state index in [0.29, 0.717) is 6.54 Å². The van der Waals surface area contributed by atoms with E-state index in [1.165, 1.54) is 12.8 Å². The van der Waals surface area contributed by atoms with Gasteiger partial charge < -0.3 is 10.0 Å². The van der Waals surface area contributed by atoms with Crippen LogP contribution in [-0.2, 0) is 4.79 Å². The van der Waals surface area contributed by atoms with Crippen LogP contribution in [0.3, 0.4) is 0 Å². The number of hydrogen-bond acceptors (Lipinski definition) is 2. The van der Waals surface area contributed by atoms with E-state index in [-0.39, 0.29) is 17.9 Å². The second kappa shape index (κ2) is 3.66. The summed E-state index contributed by atoms with van der Waals surface area (Å²) in [5, 5.41) is 9.30. The molecule has 0 spiro atoms. The molecule has 3 nitrogen and oxygen atoms in total. The molecule has 1 atom stereocenters. The first-order valence-electron chi connectivity index (χ1n) is 5.24. The third kappa shape index (κ3) is 1.85. The number of nitrogens with zero attached hydrogens (tertiary/aromatic N) is 1. The smallest absolute Gasteiger partial charge is 0.225 e. The van der Waals surface area contributed by atoms with Crippen molar-refractivity contribution in [1.82, 2.24) is 4.90 Å². The Hall–Kier alpha value is -0.570. The summed E-state index contributed by atoms with van der Waals surface area (Å²) >= 11 is 0. The van der Waals surface area contributed by atoms with Gasteiger partial charge in [0.2, 0.25) is 5.91 Å². The Balaban J connectivity index is 1.89. The molecule has 13 heavy (non-hydrogen) atoms. The third-order valence-electron chi connectivity index (χ3n) is 3.18. The summed E-state index contributed by atoms with van der Waals surface area (Å²) in [6.07, 6.45) is 5.01. The Kier molecular flexibility index (Phi) is 2.54. The molecule has 1 saturated carbocycles. The van der Waals surface area contributed by atoms with Crippen molar-refractivity contribution in [2.45, 2.75) is 38.2 Å². The number of hydrogen-bond donors (Lipinski definition) is 1. The molecule has 3 heteroatoms. The molecule has 0 aromatic carbocycles. The van der Waals surface area contributed by atoms with E-state index in [9.17, 15) is 9.90 Å². The molecule has 1 saturated heterocycles. The molecule has 0 unspecified atom stereocenters. The highest BCUT2D eigenvalue weighted by Gasteiger charge is 2.31. The molecule has 2 rings (SSSR count). The van der Waals surface area contributed by atoms with Crippen molar-refractivity contribution in [2.75, 3.05) is 13.1 Å². The fraction of sp³-hybridized carbons (Fsp3) is 0.900. The lowest BCUT2D eigenvalue weighted by atomic mass is 10.1. The van der Waals surface area contributed by atoms with Crippen LogP contribution in [0.15, 0.2) is 0 Å². The maximum atomic E-state index is 11.8.